The van der Waals surface area contributed by atoms with E-state index in [1.807, 2.05) is 0 Å². The maximum absolute atomic E-state index is 10.4. The maximum Gasteiger partial charge on any atom is 0.303 e. The first-order valence-corrected chi connectivity index (χ1v) is 4.85. The van der Waals surface area contributed by atoms with Crippen LogP contribution in [-0.4, -0.2) is 28.9 Å². The molecule has 2 unspecified atom stereocenters. The van der Waals surface area contributed by atoms with Crippen LogP contribution in [0.5, 0.6) is 0 Å². The van der Waals surface area contributed by atoms with Crippen LogP contribution in [0.3, 0.4) is 0 Å². The molecule has 0 spiro atoms. The highest BCUT2D eigenvalue weighted by molar-refractivity contribution is 5.66. The van der Waals surface area contributed by atoms with Crippen molar-refractivity contribution in [2.45, 2.75) is 25.4 Å². The van der Waals surface area contributed by atoms with Crippen LogP contribution in [0.25, 0.3) is 0 Å². The Morgan fingerprint density at radius 2 is 2.33 bits per heavy atom. The van der Waals surface area contributed by atoms with Crippen LogP contribution in [0.15, 0.2) is 24.0 Å². The Morgan fingerprint density at radius 1 is 1.67 bits per heavy atom. The lowest BCUT2D eigenvalue weighted by Crippen LogP contribution is -2.33. The summed E-state index contributed by atoms with van der Waals surface area (Å²) in [5, 5.41) is 18.6. The minimum absolute atomic E-state index is 0.0569. The van der Waals surface area contributed by atoms with Gasteiger partial charge in [-0.25, -0.2) is 0 Å². The smallest absolute Gasteiger partial charge is 0.303 e. The third-order valence-corrected chi connectivity index (χ3v) is 2.58. The monoisotopic (exact) mass is 212 g/mol. The Bertz CT molecular complexity index is 302. The summed E-state index contributed by atoms with van der Waals surface area (Å²) in [6, 6.07) is 0. The zero-order chi connectivity index (χ0) is 11.5. The molecule has 0 aromatic heterocycles. The molecule has 2 atom stereocenters. The van der Waals surface area contributed by atoms with E-state index in [1.54, 1.807) is 25.2 Å². The van der Waals surface area contributed by atoms with Crippen molar-refractivity contribution < 1.29 is 19.7 Å². The highest BCUT2D eigenvalue weighted by atomic mass is 16.5. The maximum atomic E-state index is 10.4. The van der Waals surface area contributed by atoms with Gasteiger partial charge in [0.2, 0.25) is 0 Å². The summed E-state index contributed by atoms with van der Waals surface area (Å²) in [5.74, 6) is -0.417. The topological polar surface area (TPSA) is 66.8 Å². The lowest BCUT2D eigenvalue weighted by molar-refractivity contribution is -0.137. The third kappa shape index (κ3) is 3.09. The van der Waals surface area contributed by atoms with E-state index in [9.17, 15) is 9.90 Å². The highest BCUT2D eigenvalue weighted by Gasteiger charge is 2.31. The van der Waals surface area contributed by atoms with E-state index in [2.05, 4.69) is 0 Å². The third-order valence-electron chi connectivity index (χ3n) is 2.58. The van der Waals surface area contributed by atoms with Crippen molar-refractivity contribution in [3.05, 3.63) is 24.0 Å². The molecule has 0 aromatic rings. The molecular formula is C11H16O4. The Hall–Kier alpha value is -1.29. The van der Waals surface area contributed by atoms with Gasteiger partial charge in [-0.1, -0.05) is 6.08 Å². The van der Waals surface area contributed by atoms with Crippen molar-refractivity contribution in [2.24, 2.45) is 5.92 Å². The van der Waals surface area contributed by atoms with Crippen LogP contribution in [0.1, 0.15) is 19.8 Å². The number of methoxy groups -OCH3 is 1. The molecule has 4 heteroatoms. The lowest BCUT2D eigenvalue weighted by Gasteiger charge is -2.30. The van der Waals surface area contributed by atoms with E-state index in [1.165, 1.54) is 7.11 Å². The SMILES string of the molecule is COC1=CC(C)(O)C(CCC(=O)O)C=C1. The molecule has 0 fully saturated rings. The number of carbonyl (C=O) groups is 1. The van der Waals surface area contributed by atoms with Gasteiger partial charge in [0, 0.05) is 12.3 Å². The van der Waals surface area contributed by atoms with Gasteiger partial charge < -0.3 is 14.9 Å². The van der Waals surface area contributed by atoms with E-state index >= 15 is 0 Å². The number of carboxylic acid groups (broad SMARTS) is 1. The molecular weight excluding hydrogens is 196 g/mol. The number of rotatable bonds is 4. The Kier molecular flexibility index (Phi) is 3.52. The molecule has 1 aliphatic rings. The average Bonchev–Trinajstić information content (AvgIpc) is 2.14. The van der Waals surface area contributed by atoms with Crippen LogP contribution < -0.4 is 0 Å². The fraction of sp³-hybridized carbons (Fsp3) is 0.545. The lowest BCUT2D eigenvalue weighted by atomic mass is 9.82. The minimum Gasteiger partial charge on any atom is -0.497 e. The van der Waals surface area contributed by atoms with E-state index in [0.717, 1.165) is 0 Å². The summed E-state index contributed by atoms with van der Waals surface area (Å²) >= 11 is 0. The molecule has 0 heterocycles. The molecule has 15 heavy (non-hydrogen) atoms. The first-order chi connectivity index (χ1) is 6.95. The van der Waals surface area contributed by atoms with Crippen molar-refractivity contribution in [2.75, 3.05) is 7.11 Å². The predicted molar refractivity (Wildman–Crippen MR) is 55.2 cm³/mol. The number of hydrogen-bond donors (Lipinski definition) is 2. The summed E-state index contributed by atoms with van der Waals surface area (Å²) in [4.78, 5) is 10.4. The minimum atomic E-state index is -1.03. The van der Waals surface area contributed by atoms with Gasteiger partial charge in [-0.3, -0.25) is 4.79 Å². The molecule has 1 rings (SSSR count). The number of allylic oxidation sites excluding steroid dienone is 1. The number of ether oxygens (including phenoxy) is 1. The number of aliphatic carboxylic acids is 1. The van der Waals surface area contributed by atoms with Crippen LogP contribution in [0.4, 0.5) is 0 Å². The quantitative estimate of drug-likeness (QED) is 0.737. The summed E-state index contributed by atoms with van der Waals surface area (Å²) in [6.07, 6.45) is 5.64. The normalized spacial score (nSPS) is 29.8. The van der Waals surface area contributed by atoms with E-state index < -0.39 is 11.6 Å². The van der Waals surface area contributed by atoms with Gasteiger partial charge >= 0.3 is 5.97 Å². The van der Waals surface area contributed by atoms with Gasteiger partial charge in [0.25, 0.3) is 0 Å². The van der Waals surface area contributed by atoms with Gasteiger partial charge in [-0.15, -0.1) is 0 Å². The van der Waals surface area contributed by atoms with Crippen molar-refractivity contribution in [3.8, 4) is 0 Å². The number of aliphatic hydroxyl groups is 1. The van der Waals surface area contributed by atoms with E-state index in [4.69, 9.17) is 9.84 Å². The Balaban J connectivity index is 2.66. The van der Waals surface area contributed by atoms with Crippen LogP contribution in [-0.2, 0) is 9.53 Å². The van der Waals surface area contributed by atoms with Crippen molar-refractivity contribution >= 4 is 5.97 Å². The molecule has 0 bridgehead atoms. The second-order valence-electron chi connectivity index (χ2n) is 3.87. The molecule has 0 aromatic carbocycles. The van der Waals surface area contributed by atoms with Gasteiger partial charge in [-0.2, -0.15) is 0 Å². The largest absolute Gasteiger partial charge is 0.497 e. The molecule has 84 valence electrons. The molecule has 0 radical (unpaired) electrons. The van der Waals surface area contributed by atoms with Crippen LogP contribution in [0.2, 0.25) is 0 Å². The van der Waals surface area contributed by atoms with Gasteiger partial charge in [0.05, 0.1) is 12.7 Å². The number of hydrogen-bond acceptors (Lipinski definition) is 3. The second kappa shape index (κ2) is 4.49. The molecule has 2 N–H and O–H groups in total. The highest BCUT2D eigenvalue weighted by Crippen LogP contribution is 2.30. The Labute approximate surface area is 88.9 Å². The first-order valence-electron chi connectivity index (χ1n) is 4.85. The predicted octanol–water partition coefficient (Wildman–Crippen LogP) is 1.32. The van der Waals surface area contributed by atoms with Gasteiger partial charge in [0.15, 0.2) is 0 Å². The van der Waals surface area contributed by atoms with Gasteiger partial charge in [-0.05, 0) is 25.5 Å². The fourth-order valence-electron chi connectivity index (χ4n) is 1.64. The van der Waals surface area contributed by atoms with Crippen molar-refractivity contribution in [3.63, 3.8) is 0 Å². The van der Waals surface area contributed by atoms with Crippen LogP contribution >= 0.6 is 0 Å². The summed E-state index contributed by atoms with van der Waals surface area (Å²) in [5.41, 5.74) is -1.03. The zero-order valence-electron chi connectivity index (χ0n) is 8.93. The zero-order valence-corrected chi connectivity index (χ0v) is 8.93. The molecule has 0 saturated carbocycles. The van der Waals surface area contributed by atoms with Crippen molar-refractivity contribution in [1.29, 1.82) is 0 Å². The van der Waals surface area contributed by atoms with E-state index in [-0.39, 0.29) is 12.3 Å². The number of carboxylic acids is 1. The average molecular weight is 212 g/mol. The first kappa shape index (κ1) is 11.8. The summed E-state index contributed by atoms with van der Waals surface area (Å²) in [6.45, 7) is 1.65. The molecule has 0 aliphatic heterocycles. The van der Waals surface area contributed by atoms with Crippen molar-refractivity contribution in [1.82, 2.24) is 0 Å². The molecule has 0 amide bonds. The second-order valence-corrected chi connectivity index (χ2v) is 3.87. The van der Waals surface area contributed by atoms with E-state index in [0.29, 0.717) is 12.2 Å². The summed E-state index contributed by atoms with van der Waals surface area (Å²) in [7, 11) is 1.53. The van der Waals surface area contributed by atoms with Crippen LogP contribution in [0, 0.1) is 5.92 Å². The molecule has 0 saturated heterocycles. The molecule has 1 aliphatic carbocycles. The summed E-state index contributed by atoms with van der Waals surface area (Å²) < 4.78 is 5.00. The fourth-order valence-corrected chi connectivity index (χ4v) is 1.64. The molecule has 4 nitrogen and oxygen atoms in total. The van der Waals surface area contributed by atoms with Gasteiger partial charge in [0.1, 0.15) is 5.76 Å². The Morgan fingerprint density at radius 3 is 2.80 bits per heavy atom. The standard InChI is InChI=1S/C11H16O4/c1-11(14)7-9(15-2)5-3-8(11)4-6-10(12)13/h3,5,7-8,14H,4,6H2,1-2H3,(H,12,13).